The summed E-state index contributed by atoms with van der Waals surface area (Å²) in [6.07, 6.45) is 0.715. The van der Waals surface area contributed by atoms with Crippen LogP contribution in [0.15, 0.2) is 0 Å². The summed E-state index contributed by atoms with van der Waals surface area (Å²) in [6.45, 7) is 2.10. The quantitative estimate of drug-likeness (QED) is 0.663. The smallest absolute Gasteiger partial charge is 0.395 e. The van der Waals surface area contributed by atoms with Crippen LogP contribution in [0, 0.1) is 0 Å². The second kappa shape index (κ2) is 6.50. The molecule has 0 rings (SSSR count). The standard InChI is InChI=1S/C7H14F3NOS/c1-2-6(5-12)11-3-4-13-7(8,9)10/h6,11-12H,2-5H2,1H3. The largest absolute Gasteiger partial charge is 0.441 e. The number of aliphatic hydroxyl groups is 1. The molecule has 0 aliphatic heterocycles. The normalized spacial score (nSPS) is 14.5. The Morgan fingerprint density at radius 1 is 1.46 bits per heavy atom. The van der Waals surface area contributed by atoms with Crippen molar-refractivity contribution >= 4 is 11.8 Å². The Balaban J connectivity index is 3.34. The van der Waals surface area contributed by atoms with Crippen molar-refractivity contribution in [3.8, 4) is 0 Å². The number of alkyl halides is 3. The maximum atomic E-state index is 11.6. The van der Waals surface area contributed by atoms with E-state index in [0.717, 1.165) is 0 Å². The van der Waals surface area contributed by atoms with Crippen LogP contribution in [-0.2, 0) is 0 Å². The van der Waals surface area contributed by atoms with Crippen LogP contribution in [0.1, 0.15) is 13.3 Å². The van der Waals surface area contributed by atoms with Crippen molar-refractivity contribution in [2.75, 3.05) is 18.9 Å². The van der Waals surface area contributed by atoms with Crippen molar-refractivity contribution in [3.05, 3.63) is 0 Å². The fraction of sp³-hybridized carbons (Fsp3) is 1.00. The average Bonchev–Trinajstić information content (AvgIpc) is 2.03. The maximum Gasteiger partial charge on any atom is 0.441 e. The van der Waals surface area contributed by atoms with E-state index >= 15 is 0 Å². The highest BCUT2D eigenvalue weighted by Gasteiger charge is 2.27. The SMILES string of the molecule is CCC(CO)NCCSC(F)(F)F. The first-order valence-corrected chi connectivity index (χ1v) is 5.03. The summed E-state index contributed by atoms with van der Waals surface area (Å²) in [7, 11) is 0. The van der Waals surface area contributed by atoms with Crippen LogP contribution in [0.5, 0.6) is 0 Å². The van der Waals surface area contributed by atoms with E-state index in [4.69, 9.17) is 5.11 Å². The fourth-order valence-corrected chi connectivity index (χ4v) is 1.22. The summed E-state index contributed by atoms with van der Waals surface area (Å²) in [4.78, 5) is 0. The molecule has 0 radical (unpaired) electrons. The number of hydrogen-bond acceptors (Lipinski definition) is 3. The van der Waals surface area contributed by atoms with Gasteiger partial charge in [-0.05, 0) is 18.2 Å². The van der Waals surface area contributed by atoms with Gasteiger partial charge in [0.2, 0.25) is 0 Å². The molecule has 2 nitrogen and oxygen atoms in total. The molecule has 0 aromatic carbocycles. The topological polar surface area (TPSA) is 32.3 Å². The lowest BCUT2D eigenvalue weighted by atomic mass is 10.2. The molecule has 0 heterocycles. The van der Waals surface area contributed by atoms with Crippen molar-refractivity contribution < 1.29 is 18.3 Å². The third kappa shape index (κ3) is 8.39. The number of hydrogen-bond donors (Lipinski definition) is 2. The van der Waals surface area contributed by atoms with Gasteiger partial charge in [0.1, 0.15) is 0 Å². The molecule has 0 spiro atoms. The van der Waals surface area contributed by atoms with Gasteiger partial charge < -0.3 is 10.4 Å². The summed E-state index contributed by atoms with van der Waals surface area (Å²) in [6, 6.07) is -0.0890. The molecular weight excluding hydrogens is 203 g/mol. The van der Waals surface area contributed by atoms with Crippen LogP contribution in [0.4, 0.5) is 13.2 Å². The second-order valence-corrected chi connectivity index (χ2v) is 3.70. The van der Waals surface area contributed by atoms with Gasteiger partial charge in [0.15, 0.2) is 0 Å². The van der Waals surface area contributed by atoms with Crippen molar-refractivity contribution in [1.29, 1.82) is 0 Å². The Labute approximate surface area is 79.9 Å². The molecule has 0 aliphatic rings. The lowest BCUT2D eigenvalue weighted by molar-refractivity contribution is -0.0327. The van der Waals surface area contributed by atoms with Crippen LogP contribution in [0.25, 0.3) is 0 Å². The van der Waals surface area contributed by atoms with Gasteiger partial charge in [0.05, 0.1) is 6.61 Å². The van der Waals surface area contributed by atoms with Gasteiger partial charge in [-0.3, -0.25) is 0 Å². The molecule has 1 atom stereocenters. The van der Waals surface area contributed by atoms with Crippen molar-refractivity contribution in [1.82, 2.24) is 5.32 Å². The molecule has 80 valence electrons. The van der Waals surface area contributed by atoms with E-state index in [1.54, 1.807) is 0 Å². The van der Waals surface area contributed by atoms with E-state index in [1.165, 1.54) is 0 Å². The summed E-state index contributed by atoms with van der Waals surface area (Å²) < 4.78 is 34.9. The van der Waals surface area contributed by atoms with Gasteiger partial charge in [-0.15, -0.1) is 0 Å². The first kappa shape index (κ1) is 13.1. The number of halogens is 3. The van der Waals surface area contributed by atoms with E-state index in [2.05, 4.69) is 5.32 Å². The first-order chi connectivity index (χ1) is 5.99. The molecule has 1 unspecified atom stereocenters. The van der Waals surface area contributed by atoms with Crippen molar-refractivity contribution in [3.63, 3.8) is 0 Å². The number of thioether (sulfide) groups is 1. The van der Waals surface area contributed by atoms with Gasteiger partial charge in [-0.2, -0.15) is 13.2 Å². The van der Waals surface area contributed by atoms with E-state index in [1.807, 2.05) is 6.92 Å². The molecule has 0 saturated carbocycles. The predicted octanol–water partition coefficient (Wildman–Crippen LogP) is 1.60. The van der Waals surface area contributed by atoms with E-state index in [0.29, 0.717) is 6.42 Å². The van der Waals surface area contributed by atoms with E-state index in [9.17, 15) is 13.2 Å². The van der Waals surface area contributed by atoms with Crippen LogP contribution in [0.3, 0.4) is 0 Å². The minimum absolute atomic E-state index is 0.0139. The van der Waals surface area contributed by atoms with Crippen molar-refractivity contribution in [2.45, 2.75) is 24.9 Å². The zero-order valence-corrected chi connectivity index (χ0v) is 8.21. The van der Waals surface area contributed by atoms with E-state index in [-0.39, 0.29) is 36.7 Å². The van der Waals surface area contributed by atoms with Gasteiger partial charge >= 0.3 is 5.51 Å². The highest BCUT2D eigenvalue weighted by Crippen LogP contribution is 2.29. The molecule has 0 aliphatic carbocycles. The maximum absolute atomic E-state index is 11.6. The molecular formula is C7H14F3NOS. The third-order valence-electron chi connectivity index (χ3n) is 1.51. The number of nitrogens with one attached hydrogen (secondary N) is 1. The zero-order valence-electron chi connectivity index (χ0n) is 7.40. The Morgan fingerprint density at radius 3 is 2.46 bits per heavy atom. The molecule has 0 aromatic rings. The summed E-state index contributed by atoms with van der Waals surface area (Å²) in [5.41, 5.74) is -4.15. The summed E-state index contributed by atoms with van der Waals surface area (Å²) >= 11 is -0.0476. The van der Waals surface area contributed by atoms with Crippen LogP contribution >= 0.6 is 11.8 Å². The molecule has 0 amide bonds. The highest BCUT2D eigenvalue weighted by molar-refractivity contribution is 8.00. The number of rotatable bonds is 6. The first-order valence-electron chi connectivity index (χ1n) is 4.04. The predicted molar refractivity (Wildman–Crippen MR) is 47.7 cm³/mol. The molecule has 2 N–H and O–H groups in total. The molecule has 0 fully saturated rings. The van der Waals surface area contributed by atoms with Gasteiger partial charge in [0, 0.05) is 18.3 Å². The highest BCUT2D eigenvalue weighted by atomic mass is 32.2. The van der Waals surface area contributed by atoms with Crippen LogP contribution in [-0.4, -0.2) is 35.6 Å². The van der Waals surface area contributed by atoms with Gasteiger partial charge in [-0.25, -0.2) is 0 Å². The molecule has 0 saturated heterocycles. The van der Waals surface area contributed by atoms with Crippen LogP contribution < -0.4 is 5.32 Å². The van der Waals surface area contributed by atoms with Gasteiger partial charge in [-0.1, -0.05) is 6.92 Å². The minimum Gasteiger partial charge on any atom is -0.395 e. The molecule has 13 heavy (non-hydrogen) atoms. The van der Waals surface area contributed by atoms with E-state index < -0.39 is 5.51 Å². The Morgan fingerprint density at radius 2 is 2.08 bits per heavy atom. The second-order valence-electron chi connectivity index (χ2n) is 2.54. The van der Waals surface area contributed by atoms with Gasteiger partial charge in [0.25, 0.3) is 0 Å². The summed E-state index contributed by atoms with van der Waals surface area (Å²) in [5, 5.41) is 11.5. The molecule has 0 bridgehead atoms. The minimum atomic E-state index is -4.15. The fourth-order valence-electron chi connectivity index (χ4n) is 0.768. The Hall–Kier alpha value is 0.0600. The summed E-state index contributed by atoms with van der Waals surface area (Å²) in [5.74, 6) is -0.0139. The average molecular weight is 217 g/mol. The Bertz CT molecular complexity index is 127. The lowest BCUT2D eigenvalue weighted by Crippen LogP contribution is -2.33. The van der Waals surface area contributed by atoms with Crippen molar-refractivity contribution in [2.24, 2.45) is 0 Å². The Kier molecular flexibility index (Phi) is 6.53. The van der Waals surface area contributed by atoms with Crippen LogP contribution in [0.2, 0.25) is 0 Å². The monoisotopic (exact) mass is 217 g/mol. The third-order valence-corrected chi connectivity index (χ3v) is 2.25. The number of aliphatic hydroxyl groups excluding tert-OH is 1. The zero-order chi connectivity index (χ0) is 10.3. The molecule has 6 heteroatoms. The molecule has 0 aromatic heterocycles. The lowest BCUT2D eigenvalue weighted by Gasteiger charge is -2.13.